The summed E-state index contributed by atoms with van der Waals surface area (Å²) in [5.41, 5.74) is 6.19. The van der Waals surface area contributed by atoms with Gasteiger partial charge in [0.1, 0.15) is 11.5 Å². The molecule has 2 rings (SSSR count). The lowest BCUT2D eigenvalue weighted by Crippen LogP contribution is -2.40. The molecule has 0 aromatic heterocycles. The second-order valence-electron chi connectivity index (χ2n) is 5.26. The van der Waals surface area contributed by atoms with E-state index in [0.29, 0.717) is 11.4 Å². The van der Waals surface area contributed by atoms with Gasteiger partial charge in [-0.2, -0.15) is 0 Å². The third kappa shape index (κ3) is 3.98. The van der Waals surface area contributed by atoms with Crippen molar-refractivity contribution in [1.29, 1.82) is 0 Å². The third-order valence-corrected chi connectivity index (χ3v) is 3.71. The number of nitrogens with two attached hydrogens (primary N) is 1. The minimum atomic E-state index is -0.457. The largest absolute Gasteiger partial charge is 0.412 e. The van der Waals surface area contributed by atoms with Crippen molar-refractivity contribution in [3.05, 3.63) is 24.3 Å². The zero-order valence-corrected chi connectivity index (χ0v) is 11.6. The van der Waals surface area contributed by atoms with Crippen molar-refractivity contribution in [2.75, 3.05) is 5.73 Å². The number of rotatable bonds is 3. The van der Waals surface area contributed by atoms with Crippen molar-refractivity contribution in [3.63, 3.8) is 0 Å². The normalized spacial score (nSPS) is 22.1. The molecule has 1 aliphatic carbocycles. The quantitative estimate of drug-likeness (QED) is 0.831. The molecule has 1 saturated carbocycles. The van der Waals surface area contributed by atoms with Gasteiger partial charge in [0.2, 0.25) is 0 Å². The summed E-state index contributed by atoms with van der Waals surface area (Å²) in [6, 6.07) is 6.76. The molecule has 0 radical (unpaired) electrons. The summed E-state index contributed by atoms with van der Waals surface area (Å²) in [6.45, 7) is 1.63. The van der Waals surface area contributed by atoms with Crippen LogP contribution in [0.15, 0.2) is 24.3 Å². The van der Waals surface area contributed by atoms with Gasteiger partial charge >= 0.3 is 6.09 Å². The first-order valence-electron chi connectivity index (χ1n) is 6.89. The van der Waals surface area contributed by atoms with E-state index in [0.717, 1.165) is 25.7 Å². The van der Waals surface area contributed by atoms with Crippen LogP contribution < -0.4 is 15.8 Å². The first-order chi connectivity index (χ1) is 9.54. The Labute approximate surface area is 118 Å². The van der Waals surface area contributed by atoms with E-state index in [1.807, 2.05) is 0 Å². The Hall–Kier alpha value is -2.04. The highest BCUT2D eigenvalue weighted by molar-refractivity contribution is 5.78. The molecule has 1 aromatic rings. The second-order valence-corrected chi connectivity index (χ2v) is 5.26. The molecular weight excluding hydrogens is 256 g/mol. The van der Waals surface area contributed by atoms with Crippen LogP contribution in [0.5, 0.6) is 5.75 Å². The number of ketones is 1. The second kappa shape index (κ2) is 6.41. The van der Waals surface area contributed by atoms with Gasteiger partial charge in [-0.3, -0.25) is 4.79 Å². The zero-order valence-electron chi connectivity index (χ0n) is 11.6. The average Bonchev–Trinajstić information content (AvgIpc) is 2.42. The number of anilines is 1. The molecular formula is C15H20N2O3. The fraction of sp³-hybridized carbons (Fsp3) is 0.467. The molecule has 3 N–H and O–H groups in total. The summed E-state index contributed by atoms with van der Waals surface area (Å²) in [4.78, 5) is 23.0. The molecule has 5 nitrogen and oxygen atoms in total. The first-order valence-corrected chi connectivity index (χ1v) is 6.89. The van der Waals surface area contributed by atoms with Crippen molar-refractivity contribution in [2.24, 2.45) is 5.92 Å². The molecule has 108 valence electrons. The van der Waals surface area contributed by atoms with Crippen molar-refractivity contribution in [2.45, 2.75) is 38.6 Å². The molecule has 1 aromatic carbocycles. The van der Waals surface area contributed by atoms with Crippen LogP contribution >= 0.6 is 0 Å². The van der Waals surface area contributed by atoms with Crippen LogP contribution in [0.3, 0.4) is 0 Å². The van der Waals surface area contributed by atoms with Crippen LogP contribution in [-0.4, -0.2) is 17.9 Å². The minimum absolute atomic E-state index is 0.0897. The molecule has 1 aliphatic rings. The fourth-order valence-electron chi connectivity index (χ4n) is 2.48. The molecule has 0 aliphatic heterocycles. The summed E-state index contributed by atoms with van der Waals surface area (Å²) in [6.07, 6.45) is 2.85. The summed E-state index contributed by atoms with van der Waals surface area (Å²) in [5, 5.41) is 2.84. The van der Waals surface area contributed by atoms with Crippen molar-refractivity contribution in [1.82, 2.24) is 5.32 Å². The Morgan fingerprint density at radius 3 is 2.30 bits per heavy atom. The SMILES string of the molecule is CC(=O)C1CCC(NC(=O)Oc2ccc(N)cc2)CC1. The molecule has 0 unspecified atom stereocenters. The number of Topliss-reactive ketones (excluding diaryl/α,β-unsaturated/α-hetero) is 1. The fourth-order valence-corrected chi connectivity index (χ4v) is 2.48. The predicted molar refractivity (Wildman–Crippen MR) is 76.4 cm³/mol. The van der Waals surface area contributed by atoms with E-state index >= 15 is 0 Å². The molecule has 1 amide bonds. The maximum Gasteiger partial charge on any atom is 0.412 e. The van der Waals surface area contributed by atoms with Gasteiger partial charge in [-0.1, -0.05) is 0 Å². The monoisotopic (exact) mass is 276 g/mol. The van der Waals surface area contributed by atoms with E-state index in [4.69, 9.17) is 10.5 Å². The molecule has 0 atom stereocenters. The van der Waals surface area contributed by atoms with E-state index in [9.17, 15) is 9.59 Å². The number of nitrogens with one attached hydrogen (secondary N) is 1. The van der Waals surface area contributed by atoms with E-state index in [2.05, 4.69) is 5.32 Å². The maximum absolute atomic E-state index is 11.7. The van der Waals surface area contributed by atoms with Gasteiger partial charge in [0.15, 0.2) is 0 Å². The molecule has 0 bridgehead atoms. The van der Waals surface area contributed by atoms with E-state index in [1.54, 1.807) is 31.2 Å². The number of benzene rings is 1. The lowest BCUT2D eigenvalue weighted by molar-refractivity contribution is -0.121. The highest BCUT2D eigenvalue weighted by Crippen LogP contribution is 2.25. The molecule has 0 heterocycles. The molecule has 20 heavy (non-hydrogen) atoms. The van der Waals surface area contributed by atoms with Crippen molar-refractivity contribution >= 4 is 17.6 Å². The minimum Gasteiger partial charge on any atom is -0.410 e. The zero-order chi connectivity index (χ0) is 14.5. The van der Waals surface area contributed by atoms with E-state index < -0.39 is 6.09 Å². The molecule has 0 spiro atoms. The van der Waals surface area contributed by atoms with Gasteiger partial charge in [-0.25, -0.2) is 4.79 Å². The van der Waals surface area contributed by atoms with Crippen LogP contribution in [0, 0.1) is 5.92 Å². The lowest BCUT2D eigenvalue weighted by atomic mass is 9.84. The van der Waals surface area contributed by atoms with E-state index in [1.165, 1.54) is 0 Å². The van der Waals surface area contributed by atoms with Crippen LogP contribution in [0.4, 0.5) is 10.5 Å². The van der Waals surface area contributed by atoms with Gasteiger partial charge in [0.25, 0.3) is 0 Å². The summed E-state index contributed by atoms with van der Waals surface area (Å²) >= 11 is 0. The number of hydrogen-bond acceptors (Lipinski definition) is 4. The number of nitrogen functional groups attached to an aromatic ring is 1. The highest BCUT2D eigenvalue weighted by atomic mass is 16.6. The summed E-state index contributed by atoms with van der Waals surface area (Å²) < 4.78 is 5.17. The highest BCUT2D eigenvalue weighted by Gasteiger charge is 2.25. The van der Waals surface area contributed by atoms with Crippen LogP contribution in [0.2, 0.25) is 0 Å². The Bertz CT molecular complexity index is 476. The van der Waals surface area contributed by atoms with Crippen molar-refractivity contribution < 1.29 is 14.3 Å². The van der Waals surface area contributed by atoms with Gasteiger partial charge in [0.05, 0.1) is 0 Å². The van der Waals surface area contributed by atoms with E-state index in [-0.39, 0.29) is 17.7 Å². The number of ether oxygens (including phenoxy) is 1. The third-order valence-electron chi connectivity index (χ3n) is 3.71. The summed E-state index contributed by atoms with van der Waals surface area (Å²) in [5.74, 6) is 0.864. The topological polar surface area (TPSA) is 81.4 Å². The first kappa shape index (κ1) is 14.4. The van der Waals surface area contributed by atoms with Crippen molar-refractivity contribution in [3.8, 4) is 5.75 Å². The smallest absolute Gasteiger partial charge is 0.410 e. The Kier molecular flexibility index (Phi) is 4.61. The molecule has 1 fully saturated rings. The molecule has 5 heteroatoms. The van der Waals surface area contributed by atoms with Crippen LogP contribution in [0.25, 0.3) is 0 Å². The molecule has 0 saturated heterocycles. The Morgan fingerprint density at radius 2 is 1.75 bits per heavy atom. The Balaban J connectivity index is 1.78. The van der Waals surface area contributed by atoms with Gasteiger partial charge in [-0.05, 0) is 56.9 Å². The maximum atomic E-state index is 11.7. The predicted octanol–water partition coefficient (Wildman–Crippen LogP) is 2.51. The van der Waals surface area contributed by atoms with Gasteiger partial charge < -0.3 is 15.8 Å². The standard InChI is InChI=1S/C15H20N2O3/c1-10(18)11-2-6-13(7-3-11)17-15(19)20-14-8-4-12(16)5-9-14/h4-5,8-9,11,13H,2-3,6-7,16H2,1H3,(H,17,19). The number of carbonyl (C=O) groups excluding carboxylic acids is 2. The Morgan fingerprint density at radius 1 is 1.15 bits per heavy atom. The number of carbonyl (C=O) groups is 2. The van der Waals surface area contributed by atoms with Crippen LogP contribution in [-0.2, 0) is 4.79 Å². The number of hydrogen-bond donors (Lipinski definition) is 2. The van der Waals surface area contributed by atoms with Gasteiger partial charge in [-0.15, -0.1) is 0 Å². The lowest BCUT2D eigenvalue weighted by Gasteiger charge is -2.27. The number of amides is 1. The van der Waals surface area contributed by atoms with Crippen LogP contribution in [0.1, 0.15) is 32.6 Å². The van der Waals surface area contributed by atoms with Gasteiger partial charge in [0, 0.05) is 17.6 Å². The average molecular weight is 276 g/mol. The summed E-state index contributed by atoms with van der Waals surface area (Å²) in [7, 11) is 0.